The average molecular weight is 452 g/mol. The first-order chi connectivity index (χ1) is 15.6. The summed E-state index contributed by atoms with van der Waals surface area (Å²) >= 11 is 0. The summed E-state index contributed by atoms with van der Waals surface area (Å²) in [6.45, 7) is 6.42. The number of ketones is 1. The fourth-order valence-corrected chi connectivity index (χ4v) is 3.88. The number of hydrogen-bond acceptors (Lipinski definition) is 8. The van der Waals surface area contributed by atoms with Crippen LogP contribution < -0.4 is 23.7 Å². The highest BCUT2D eigenvalue weighted by molar-refractivity contribution is 6.07. The second-order valence-electron chi connectivity index (χ2n) is 8.39. The first kappa shape index (κ1) is 22.4. The van der Waals surface area contributed by atoms with Gasteiger partial charge in [0.05, 0.1) is 13.0 Å². The van der Waals surface area contributed by atoms with Gasteiger partial charge in [-0.05, 0) is 37.6 Å². The van der Waals surface area contributed by atoms with Crippen LogP contribution in [0.25, 0.3) is 6.08 Å². The van der Waals surface area contributed by atoms with E-state index in [1.54, 1.807) is 6.07 Å². The molecular formula is C25H24O8. The van der Waals surface area contributed by atoms with E-state index in [4.69, 9.17) is 23.7 Å². The maximum atomic E-state index is 13.5. The van der Waals surface area contributed by atoms with Crippen LogP contribution in [0.5, 0.6) is 28.7 Å². The quantitative estimate of drug-likeness (QED) is 0.506. The van der Waals surface area contributed by atoms with Crippen molar-refractivity contribution in [1.29, 1.82) is 0 Å². The molecule has 0 N–H and O–H groups in total. The molecule has 0 amide bonds. The minimum Gasteiger partial charge on any atom is -0.496 e. The molecule has 2 heterocycles. The molecule has 0 aromatic heterocycles. The Morgan fingerprint density at radius 1 is 1.03 bits per heavy atom. The topological polar surface area (TPSA) is 97.4 Å². The van der Waals surface area contributed by atoms with Gasteiger partial charge in [0.25, 0.3) is 0 Å². The van der Waals surface area contributed by atoms with Crippen molar-refractivity contribution in [3.63, 3.8) is 0 Å². The minimum absolute atomic E-state index is 0.0485. The van der Waals surface area contributed by atoms with E-state index in [0.29, 0.717) is 16.9 Å². The number of carbonyl (C=O) groups excluding carboxylic acids is 3. The summed E-state index contributed by atoms with van der Waals surface area (Å²) in [6, 6.07) is 6.42. The van der Waals surface area contributed by atoms with Gasteiger partial charge in [0.15, 0.2) is 17.3 Å². The minimum atomic E-state index is -0.672. The van der Waals surface area contributed by atoms with Gasteiger partial charge in [-0.3, -0.25) is 14.4 Å². The van der Waals surface area contributed by atoms with Crippen LogP contribution in [0.4, 0.5) is 0 Å². The van der Waals surface area contributed by atoms with Crippen molar-refractivity contribution < 1.29 is 38.1 Å². The number of hydrogen-bond donors (Lipinski definition) is 0. The highest BCUT2D eigenvalue weighted by atomic mass is 16.6. The number of fused-ring (bicyclic) bond motifs is 2. The van der Waals surface area contributed by atoms with E-state index < -0.39 is 23.5 Å². The first-order valence-electron chi connectivity index (χ1n) is 10.4. The summed E-state index contributed by atoms with van der Waals surface area (Å²) in [5.74, 6) is -0.482. The third-order valence-electron chi connectivity index (χ3n) is 5.28. The lowest BCUT2D eigenvalue weighted by atomic mass is 9.86. The molecule has 8 nitrogen and oxygen atoms in total. The average Bonchev–Trinajstić information content (AvgIpc) is 2.72. The molecule has 2 aromatic carbocycles. The third kappa shape index (κ3) is 4.41. The largest absolute Gasteiger partial charge is 0.496 e. The zero-order valence-corrected chi connectivity index (χ0v) is 19.0. The molecule has 0 saturated carbocycles. The Kier molecular flexibility index (Phi) is 5.61. The molecule has 0 saturated heterocycles. The van der Waals surface area contributed by atoms with Crippen molar-refractivity contribution in [2.45, 2.75) is 39.2 Å². The number of ether oxygens (including phenoxy) is 5. The molecule has 2 aromatic rings. The van der Waals surface area contributed by atoms with Gasteiger partial charge in [-0.2, -0.15) is 0 Å². The van der Waals surface area contributed by atoms with E-state index in [0.717, 1.165) is 0 Å². The lowest BCUT2D eigenvalue weighted by Gasteiger charge is -2.31. The number of Topliss-reactive ketones (excluding diaryl/α,β-unsaturated/α-hetero) is 1. The van der Waals surface area contributed by atoms with Crippen LogP contribution in [0, 0.1) is 0 Å². The van der Waals surface area contributed by atoms with E-state index >= 15 is 0 Å². The molecule has 1 atom stereocenters. The Bertz CT molecular complexity index is 1170. The predicted molar refractivity (Wildman–Crippen MR) is 118 cm³/mol. The Balaban J connectivity index is 1.76. The molecule has 172 valence electrons. The van der Waals surface area contributed by atoms with Gasteiger partial charge in [-0.25, -0.2) is 0 Å². The van der Waals surface area contributed by atoms with Crippen LogP contribution in [0.2, 0.25) is 0 Å². The fraction of sp³-hybridized carbons (Fsp3) is 0.320. The van der Waals surface area contributed by atoms with Gasteiger partial charge < -0.3 is 23.7 Å². The summed E-state index contributed by atoms with van der Waals surface area (Å²) in [4.78, 5) is 36.6. The van der Waals surface area contributed by atoms with Gasteiger partial charge in [0, 0.05) is 31.5 Å². The van der Waals surface area contributed by atoms with Gasteiger partial charge in [-0.15, -0.1) is 0 Å². The van der Waals surface area contributed by atoms with Gasteiger partial charge in [-0.1, -0.05) is 6.08 Å². The van der Waals surface area contributed by atoms with Crippen molar-refractivity contribution >= 4 is 23.8 Å². The molecule has 8 heteroatoms. The molecule has 0 fully saturated rings. The van der Waals surface area contributed by atoms with E-state index in [9.17, 15) is 14.4 Å². The maximum absolute atomic E-state index is 13.5. The normalized spacial score (nSPS) is 17.7. The monoisotopic (exact) mass is 452 g/mol. The summed E-state index contributed by atoms with van der Waals surface area (Å²) < 4.78 is 27.8. The molecule has 0 radical (unpaired) electrons. The Morgan fingerprint density at radius 3 is 2.42 bits per heavy atom. The number of esters is 2. The molecule has 0 spiro atoms. The molecule has 2 aliphatic heterocycles. The van der Waals surface area contributed by atoms with Crippen molar-refractivity contribution in [3.8, 4) is 28.7 Å². The molecule has 2 aliphatic rings. The van der Waals surface area contributed by atoms with Crippen LogP contribution in [-0.2, 0) is 9.59 Å². The molecule has 4 rings (SSSR count). The Morgan fingerprint density at radius 2 is 1.76 bits per heavy atom. The zero-order chi connectivity index (χ0) is 23.9. The van der Waals surface area contributed by atoms with E-state index in [-0.39, 0.29) is 41.0 Å². The van der Waals surface area contributed by atoms with Crippen molar-refractivity contribution in [1.82, 2.24) is 0 Å². The van der Waals surface area contributed by atoms with Crippen LogP contribution in [0.1, 0.15) is 55.1 Å². The predicted octanol–water partition coefficient (Wildman–Crippen LogP) is 4.09. The van der Waals surface area contributed by atoms with Gasteiger partial charge in [0.1, 0.15) is 35.0 Å². The summed E-state index contributed by atoms with van der Waals surface area (Å²) in [7, 11) is 1.42. The van der Waals surface area contributed by atoms with Gasteiger partial charge in [0.2, 0.25) is 0 Å². The standard InChI is InChI=1S/C25H24O8/c1-13(26)31-17-10-19(29-5)22-20(11-17)30-12-18(23(22)28)16-8-15-6-7-25(3,4)33-24(15)21(9-16)32-14(2)27/h6-11,18H,12H2,1-5H3/t18-/m1/s1. The summed E-state index contributed by atoms with van der Waals surface area (Å²) in [5.41, 5.74) is 0.988. The van der Waals surface area contributed by atoms with E-state index in [1.165, 1.54) is 33.1 Å². The van der Waals surface area contributed by atoms with Crippen LogP contribution in [-0.4, -0.2) is 37.0 Å². The molecule has 0 bridgehead atoms. The van der Waals surface area contributed by atoms with Crippen molar-refractivity contribution in [3.05, 3.63) is 47.0 Å². The Labute approximate surface area is 191 Å². The highest BCUT2D eigenvalue weighted by Gasteiger charge is 2.36. The van der Waals surface area contributed by atoms with Crippen molar-refractivity contribution in [2.75, 3.05) is 13.7 Å². The van der Waals surface area contributed by atoms with Gasteiger partial charge >= 0.3 is 11.9 Å². The van der Waals surface area contributed by atoms with E-state index in [1.807, 2.05) is 32.1 Å². The number of rotatable bonds is 4. The number of benzene rings is 2. The summed E-state index contributed by atoms with van der Waals surface area (Å²) in [6.07, 6.45) is 3.77. The number of carbonyl (C=O) groups is 3. The van der Waals surface area contributed by atoms with E-state index in [2.05, 4.69) is 0 Å². The smallest absolute Gasteiger partial charge is 0.308 e. The lowest BCUT2D eigenvalue weighted by Crippen LogP contribution is -2.29. The maximum Gasteiger partial charge on any atom is 0.308 e. The Hall–Kier alpha value is -3.81. The fourth-order valence-electron chi connectivity index (χ4n) is 3.88. The first-order valence-corrected chi connectivity index (χ1v) is 10.4. The molecule has 33 heavy (non-hydrogen) atoms. The highest BCUT2D eigenvalue weighted by Crippen LogP contribution is 2.45. The molecule has 0 unspecified atom stereocenters. The zero-order valence-electron chi connectivity index (χ0n) is 19.0. The number of methoxy groups -OCH3 is 1. The van der Waals surface area contributed by atoms with Crippen LogP contribution >= 0.6 is 0 Å². The van der Waals surface area contributed by atoms with Crippen molar-refractivity contribution in [2.24, 2.45) is 0 Å². The second kappa shape index (κ2) is 8.27. The third-order valence-corrected chi connectivity index (χ3v) is 5.28. The lowest BCUT2D eigenvalue weighted by molar-refractivity contribution is -0.132. The van der Waals surface area contributed by atoms with Crippen LogP contribution in [0.15, 0.2) is 30.3 Å². The second-order valence-corrected chi connectivity index (χ2v) is 8.39. The SMILES string of the molecule is COc1cc(OC(C)=O)cc2c1C(=O)[C@@H](c1cc3c(c(OC(C)=O)c1)OC(C)(C)C=C3)CO2. The molecular weight excluding hydrogens is 428 g/mol. The molecule has 0 aliphatic carbocycles. The summed E-state index contributed by atoms with van der Waals surface area (Å²) in [5, 5.41) is 0. The van der Waals surface area contributed by atoms with Crippen LogP contribution in [0.3, 0.4) is 0 Å².